The van der Waals surface area contributed by atoms with Gasteiger partial charge in [-0.25, -0.2) is 5.11 Å². The quantitative estimate of drug-likeness (QED) is 0.696. The van der Waals surface area contributed by atoms with Crippen molar-refractivity contribution in [1.82, 2.24) is 0 Å². The molecule has 0 spiro atoms. The first-order valence-electron chi connectivity index (χ1n) is 4.60. The highest BCUT2D eigenvalue weighted by molar-refractivity contribution is 5.40. The summed E-state index contributed by atoms with van der Waals surface area (Å²) in [5.74, 6) is 1.38. The van der Waals surface area contributed by atoms with Crippen molar-refractivity contribution in [2.24, 2.45) is 0 Å². The molecular formula is C11H15O4. The molecule has 0 saturated heterocycles. The lowest BCUT2D eigenvalue weighted by atomic mass is 10.1. The van der Waals surface area contributed by atoms with E-state index in [4.69, 9.17) is 9.47 Å². The van der Waals surface area contributed by atoms with Gasteiger partial charge in [0, 0.05) is 19.1 Å². The summed E-state index contributed by atoms with van der Waals surface area (Å²) in [5.41, 5.74) is 0.790. The van der Waals surface area contributed by atoms with Gasteiger partial charge in [-0.2, -0.15) is 0 Å². The van der Waals surface area contributed by atoms with E-state index in [1.54, 1.807) is 32.4 Å². The molecule has 1 aromatic rings. The summed E-state index contributed by atoms with van der Waals surface area (Å²) in [6.07, 6.45) is -0.817. The van der Waals surface area contributed by atoms with Gasteiger partial charge in [0.25, 0.3) is 0 Å². The summed E-state index contributed by atoms with van der Waals surface area (Å²) >= 11 is 0. The first-order valence-corrected chi connectivity index (χ1v) is 4.60. The fraction of sp³-hybridized carbons (Fsp3) is 0.455. The molecule has 1 rings (SSSR count). The molecule has 0 aliphatic heterocycles. The minimum absolute atomic E-state index is 0.261. The van der Waals surface area contributed by atoms with Crippen molar-refractivity contribution in [3.63, 3.8) is 0 Å². The van der Waals surface area contributed by atoms with Gasteiger partial charge in [0.05, 0.1) is 14.2 Å². The molecule has 1 unspecified atom stereocenters. The van der Waals surface area contributed by atoms with Gasteiger partial charge in [0.15, 0.2) is 6.29 Å². The van der Waals surface area contributed by atoms with Crippen LogP contribution < -0.4 is 9.47 Å². The van der Waals surface area contributed by atoms with Crippen molar-refractivity contribution in [3.05, 3.63) is 23.8 Å². The molecule has 0 aliphatic carbocycles. The van der Waals surface area contributed by atoms with E-state index < -0.39 is 6.29 Å². The molecule has 4 heteroatoms. The molecule has 0 aliphatic rings. The number of hydrogen-bond donors (Lipinski definition) is 0. The summed E-state index contributed by atoms with van der Waals surface area (Å²) in [5, 5.41) is 11.2. The van der Waals surface area contributed by atoms with Gasteiger partial charge in [-0.1, -0.05) is 0 Å². The van der Waals surface area contributed by atoms with Crippen LogP contribution in [0.5, 0.6) is 11.5 Å². The standard InChI is InChI=1S/C11H15O4/c1-13-9-4-5-10(14-2)8(6-9)7-11(12)15-3/h4-6,11H,7H2,1-3H3. The lowest BCUT2D eigenvalue weighted by Crippen LogP contribution is -2.11. The van der Waals surface area contributed by atoms with E-state index in [1.165, 1.54) is 7.11 Å². The van der Waals surface area contributed by atoms with Crippen LogP contribution in [0.15, 0.2) is 18.2 Å². The fourth-order valence-corrected chi connectivity index (χ4v) is 1.30. The van der Waals surface area contributed by atoms with Crippen LogP contribution in [0, 0.1) is 0 Å². The molecule has 0 saturated carbocycles. The maximum atomic E-state index is 11.2. The lowest BCUT2D eigenvalue weighted by molar-refractivity contribution is -0.117. The molecule has 0 fully saturated rings. The zero-order valence-electron chi connectivity index (χ0n) is 9.15. The Balaban J connectivity index is 2.90. The molecule has 0 heterocycles. The number of methoxy groups -OCH3 is 3. The molecule has 4 nitrogen and oxygen atoms in total. The smallest absolute Gasteiger partial charge is 0.195 e. The minimum Gasteiger partial charge on any atom is -0.497 e. The van der Waals surface area contributed by atoms with Crippen molar-refractivity contribution in [3.8, 4) is 11.5 Å². The van der Waals surface area contributed by atoms with Gasteiger partial charge in [-0.3, -0.25) is 0 Å². The number of rotatable bonds is 5. The third kappa shape index (κ3) is 3.11. The molecule has 0 N–H and O–H groups in total. The summed E-state index contributed by atoms with van der Waals surface area (Å²) in [6, 6.07) is 5.34. The van der Waals surface area contributed by atoms with Crippen molar-refractivity contribution in [2.75, 3.05) is 21.3 Å². The Bertz CT molecular complexity index is 311. The Morgan fingerprint density at radius 2 is 1.93 bits per heavy atom. The largest absolute Gasteiger partial charge is 0.497 e. The predicted molar refractivity (Wildman–Crippen MR) is 54.7 cm³/mol. The second-order valence-electron chi connectivity index (χ2n) is 3.05. The Labute approximate surface area is 89.4 Å². The van der Waals surface area contributed by atoms with E-state index >= 15 is 0 Å². The first kappa shape index (κ1) is 11.8. The van der Waals surface area contributed by atoms with Crippen LogP contribution in [0.4, 0.5) is 0 Å². The maximum Gasteiger partial charge on any atom is 0.195 e. The third-order valence-corrected chi connectivity index (χ3v) is 2.14. The number of hydrogen-bond acceptors (Lipinski definition) is 3. The molecule has 0 bridgehead atoms. The summed E-state index contributed by atoms with van der Waals surface area (Å²) in [6.45, 7) is 0. The summed E-state index contributed by atoms with van der Waals surface area (Å²) < 4.78 is 14.9. The first-order chi connectivity index (χ1) is 7.21. The minimum atomic E-state index is -1.08. The highest BCUT2D eigenvalue weighted by atomic mass is 16.6. The van der Waals surface area contributed by atoms with Crippen molar-refractivity contribution >= 4 is 0 Å². The van der Waals surface area contributed by atoms with Crippen LogP contribution in [0.25, 0.3) is 0 Å². The van der Waals surface area contributed by atoms with E-state index in [2.05, 4.69) is 4.74 Å². The average molecular weight is 211 g/mol. The van der Waals surface area contributed by atoms with Crippen LogP contribution in [0.2, 0.25) is 0 Å². The van der Waals surface area contributed by atoms with Crippen LogP contribution in [0.3, 0.4) is 0 Å². The highest BCUT2D eigenvalue weighted by Gasteiger charge is 2.11. The Kier molecular flexibility index (Phi) is 4.39. The van der Waals surface area contributed by atoms with E-state index in [-0.39, 0.29) is 6.42 Å². The molecule has 1 radical (unpaired) electrons. The van der Waals surface area contributed by atoms with E-state index in [9.17, 15) is 5.11 Å². The molecule has 15 heavy (non-hydrogen) atoms. The second-order valence-corrected chi connectivity index (χ2v) is 3.05. The van der Waals surface area contributed by atoms with Crippen LogP contribution in [-0.2, 0) is 16.3 Å². The lowest BCUT2D eigenvalue weighted by Gasteiger charge is -2.12. The topological polar surface area (TPSA) is 47.6 Å². The highest BCUT2D eigenvalue weighted by Crippen LogP contribution is 2.25. The molecule has 1 atom stereocenters. The van der Waals surface area contributed by atoms with E-state index in [0.29, 0.717) is 11.5 Å². The Morgan fingerprint density at radius 3 is 2.47 bits per heavy atom. The predicted octanol–water partition coefficient (Wildman–Crippen LogP) is 1.65. The monoisotopic (exact) mass is 211 g/mol. The van der Waals surface area contributed by atoms with Gasteiger partial charge in [0.2, 0.25) is 0 Å². The van der Waals surface area contributed by atoms with Gasteiger partial charge in [-0.05, 0) is 18.2 Å². The van der Waals surface area contributed by atoms with Crippen LogP contribution in [-0.4, -0.2) is 27.6 Å². The summed E-state index contributed by atoms with van der Waals surface area (Å²) in [7, 11) is 4.54. The van der Waals surface area contributed by atoms with Gasteiger partial charge in [-0.15, -0.1) is 0 Å². The van der Waals surface area contributed by atoms with Crippen molar-refractivity contribution in [1.29, 1.82) is 0 Å². The molecule has 83 valence electrons. The molecular weight excluding hydrogens is 196 g/mol. The zero-order valence-corrected chi connectivity index (χ0v) is 9.15. The van der Waals surface area contributed by atoms with Crippen LogP contribution >= 0.6 is 0 Å². The molecule has 1 aromatic carbocycles. The van der Waals surface area contributed by atoms with E-state index in [0.717, 1.165) is 5.56 Å². The normalized spacial score (nSPS) is 12.3. The van der Waals surface area contributed by atoms with Gasteiger partial charge >= 0.3 is 0 Å². The molecule has 0 amide bonds. The third-order valence-electron chi connectivity index (χ3n) is 2.14. The Morgan fingerprint density at radius 1 is 1.20 bits per heavy atom. The van der Waals surface area contributed by atoms with Gasteiger partial charge < -0.3 is 14.2 Å². The van der Waals surface area contributed by atoms with Crippen molar-refractivity contribution in [2.45, 2.75) is 12.7 Å². The fourth-order valence-electron chi connectivity index (χ4n) is 1.30. The van der Waals surface area contributed by atoms with E-state index in [1.807, 2.05) is 0 Å². The second kappa shape index (κ2) is 5.58. The SMILES string of the molecule is COc1ccc(OC)c(CC([O])OC)c1. The zero-order chi connectivity index (χ0) is 11.3. The van der Waals surface area contributed by atoms with Gasteiger partial charge in [0.1, 0.15) is 11.5 Å². The number of ether oxygens (including phenoxy) is 3. The number of benzene rings is 1. The van der Waals surface area contributed by atoms with Crippen molar-refractivity contribution < 1.29 is 19.3 Å². The maximum absolute atomic E-state index is 11.2. The van der Waals surface area contributed by atoms with Crippen LogP contribution in [0.1, 0.15) is 5.56 Å². The summed E-state index contributed by atoms with van der Waals surface area (Å²) in [4.78, 5) is 0. The average Bonchev–Trinajstić information content (AvgIpc) is 2.28. The molecule has 0 aromatic heterocycles. The Hall–Kier alpha value is -1.26.